The molecule has 2 saturated heterocycles. The summed E-state index contributed by atoms with van der Waals surface area (Å²) in [6.07, 6.45) is 3.99. The van der Waals surface area contributed by atoms with Crippen LogP contribution in [0.5, 0.6) is 0 Å². The summed E-state index contributed by atoms with van der Waals surface area (Å²) in [6, 6.07) is 1.06. The predicted octanol–water partition coefficient (Wildman–Crippen LogP) is 0.650. The van der Waals surface area contributed by atoms with Crippen molar-refractivity contribution < 1.29 is 9.90 Å². The Morgan fingerprint density at radius 3 is 2.71 bits per heavy atom. The Kier molecular flexibility index (Phi) is 4.05. The van der Waals surface area contributed by atoms with Crippen molar-refractivity contribution in [2.24, 2.45) is 11.8 Å². The van der Waals surface area contributed by atoms with Crippen LogP contribution in [0.2, 0.25) is 0 Å². The van der Waals surface area contributed by atoms with Gasteiger partial charge in [-0.3, -0.25) is 4.79 Å². The van der Waals surface area contributed by atoms with Crippen LogP contribution in [0.1, 0.15) is 39.5 Å². The molecule has 0 spiro atoms. The van der Waals surface area contributed by atoms with Gasteiger partial charge in [0.25, 0.3) is 0 Å². The first-order valence-corrected chi connectivity index (χ1v) is 6.79. The molecule has 0 radical (unpaired) electrons. The highest BCUT2D eigenvalue weighted by Crippen LogP contribution is 2.33. The maximum absolute atomic E-state index is 12.2. The van der Waals surface area contributed by atoms with E-state index in [-0.39, 0.29) is 24.5 Å². The molecule has 4 unspecified atom stereocenters. The summed E-state index contributed by atoms with van der Waals surface area (Å²) in [4.78, 5) is 12.2. The third kappa shape index (κ3) is 2.80. The number of hydrogen-bond acceptors (Lipinski definition) is 3. The molecule has 2 bridgehead atoms. The van der Waals surface area contributed by atoms with Crippen molar-refractivity contribution in [3.8, 4) is 0 Å². The van der Waals surface area contributed by atoms with Gasteiger partial charge in [0.1, 0.15) is 0 Å². The fourth-order valence-corrected chi connectivity index (χ4v) is 3.11. The van der Waals surface area contributed by atoms with Crippen molar-refractivity contribution in [3.05, 3.63) is 0 Å². The van der Waals surface area contributed by atoms with Crippen molar-refractivity contribution in [1.29, 1.82) is 0 Å². The first-order chi connectivity index (χ1) is 8.11. The van der Waals surface area contributed by atoms with Gasteiger partial charge in [0.2, 0.25) is 5.91 Å². The molecule has 2 fully saturated rings. The van der Waals surface area contributed by atoms with Crippen molar-refractivity contribution in [2.75, 3.05) is 6.61 Å². The molecule has 3 N–H and O–H groups in total. The first-order valence-electron chi connectivity index (χ1n) is 6.79. The molecule has 2 aliphatic heterocycles. The average molecular weight is 240 g/mol. The number of nitrogens with one attached hydrogen (secondary N) is 2. The normalized spacial score (nSPS) is 33.1. The first kappa shape index (κ1) is 12.8. The summed E-state index contributed by atoms with van der Waals surface area (Å²) in [5.41, 5.74) is 0. The smallest absolute Gasteiger partial charge is 0.224 e. The highest BCUT2D eigenvalue weighted by molar-refractivity contribution is 5.80. The molecule has 2 aliphatic rings. The molecule has 98 valence electrons. The molecule has 4 nitrogen and oxygen atoms in total. The Hall–Kier alpha value is -0.610. The molecule has 4 atom stereocenters. The van der Waals surface area contributed by atoms with Gasteiger partial charge in [-0.05, 0) is 31.6 Å². The van der Waals surface area contributed by atoms with E-state index < -0.39 is 0 Å². The molecule has 0 saturated carbocycles. The second kappa shape index (κ2) is 5.36. The maximum atomic E-state index is 12.2. The molecule has 0 aromatic heterocycles. The average Bonchev–Trinajstić information content (AvgIpc) is 2.89. The van der Waals surface area contributed by atoms with E-state index in [0.29, 0.717) is 24.4 Å². The topological polar surface area (TPSA) is 61.4 Å². The van der Waals surface area contributed by atoms with Crippen LogP contribution in [0.3, 0.4) is 0 Å². The van der Waals surface area contributed by atoms with Crippen LogP contribution in [0, 0.1) is 11.8 Å². The van der Waals surface area contributed by atoms with Crippen LogP contribution >= 0.6 is 0 Å². The molecule has 17 heavy (non-hydrogen) atoms. The predicted molar refractivity (Wildman–Crippen MR) is 66.5 cm³/mol. The Morgan fingerprint density at radius 2 is 2.24 bits per heavy atom. The molecule has 4 heteroatoms. The Labute approximate surface area is 103 Å². The summed E-state index contributed by atoms with van der Waals surface area (Å²) in [5.74, 6) is 0.697. The number of rotatable bonds is 5. The SMILES string of the molecule is CC(C)C(CCO)NC(=O)C1CC2CCC1N2. The van der Waals surface area contributed by atoms with Crippen LogP contribution in [0.15, 0.2) is 0 Å². The van der Waals surface area contributed by atoms with Gasteiger partial charge in [-0.2, -0.15) is 0 Å². The van der Waals surface area contributed by atoms with E-state index in [1.54, 1.807) is 0 Å². The van der Waals surface area contributed by atoms with Crippen molar-refractivity contribution in [1.82, 2.24) is 10.6 Å². The van der Waals surface area contributed by atoms with E-state index >= 15 is 0 Å². The van der Waals surface area contributed by atoms with Gasteiger partial charge in [0.05, 0.1) is 5.92 Å². The largest absolute Gasteiger partial charge is 0.396 e. The summed E-state index contributed by atoms with van der Waals surface area (Å²) in [5, 5.41) is 15.6. The van der Waals surface area contributed by atoms with Crippen molar-refractivity contribution >= 4 is 5.91 Å². The highest BCUT2D eigenvalue weighted by atomic mass is 16.3. The Balaban J connectivity index is 1.87. The van der Waals surface area contributed by atoms with E-state index in [2.05, 4.69) is 24.5 Å². The summed E-state index contributed by atoms with van der Waals surface area (Å²) < 4.78 is 0. The molecular formula is C13H24N2O2. The third-order valence-corrected chi connectivity index (χ3v) is 4.21. The van der Waals surface area contributed by atoms with Gasteiger partial charge in [0.15, 0.2) is 0 Å². The number of amides is 1. The fourth-order valence-electron chi connectivity index (χ4n) is 3.11. The molecule has 2 rings (SSSR count). The Morgan fingerprint density at radius 1 is 1.47 bits per heavy atom. The van der Waals surface area contributed by atoms with E-state index in [1.165, 1.54) is 6.42 Å². The lowest BCUT2D eigenvalue weighted by Crippen LogP contribution is -2.45. The minimum Gasteiger partial charge on any atom is -0.396 e. The van der Waals surface area contributed by atoms with Crippen LogP contribution < -0.4 is 10.6 Å². The molecule has 0 aliphatic carbocycles. The minimum atomic E-state index is 0.103. The monoisotopic (exact) mass is 240 g/mol. The number of carbonyl (C=O) groups excluding carboxylic acids is 1. The summed E-state index contributed by atoms with van der Waals surface area (Å²) >= 11 is 0. The van der Waals surface area contributed by atoms with Gasteiger partial charge < -0.3 is 15.7 Å². The standard InChI is InChI=1S/C13H24N2O2/c1-8(2)11(5-6-16)15-13(17)10-7-9-3-4-12(10)14-9/h8-12,14,16H,3-7H2,1-2H3,(H,15,17). The van der Waals surface area contributed by atoms with Crippen LogP contribution in [0.25, 0.3) is 0 Å². The number of hydrogen-bond donors (Lipinski definition) is 3. The third-order valence-electron chi connectivity index (χ3n) is 4.21. The van der Waals surface area contributed by atoms with E-state index in [1.807, 2.05) is 0 Å². The fraction of sp³-hybridized carbons (Fsp3) is 0.923. The number of aliphatic hydroxyl groups is 1. The van der Waals surface area contributed by atoms with Gasteiger partial charge in [-0.25, -0.2) is 0 Å². The minimum absolute atomic E-state index is 0.103. The van der Waals surface area contributed by atoms with E-state index in [9.17, 15) is 4.79 Å². The zero-order valence-electron chi connectivity index (χ0n) is 10.8. The van der Waals surface area contributed by atoms with Crippen molar-refractivity contribution in [2.45, 2.75) is 57.7 Å². The van der Waals surface area contributed by atoms with Crippen LogP contribution in [-0.4, -0.2) is 35.7 Å². The summed E-state index contributed by atoms with van der Waals surface area (Å²) in [7, 11) is 0. The van der Waals surface area contributed by atoms with Crippen LogP contribution in [-0.2, 0) is 4.79 Å². The van der Waals surface area contributed by atoms with Gasteiger partial charge in [0, 0.05) is 24.7 Å². The zero-order valence-corrected chi connectivity index (χ0v) is 10.8. The molecular weight excluding hydrogens is 216 g/mol. The molecule has 0 aromatic carbocycles. The molecule has 1 amide bonds. The van der Waals surface area contributed by atoms with Crippen molar-refractivity contribution in [3.63, 3.8) is 0 Å². The maximum Gasteiger partial charge on any atom is 0.224 e. The van der Waals surface area contributed by atoms with E-state index in [4.69, 9.17) is 5.11 Å². The lowest BCUT2D eigenvalue weighted by atomic mass is 9.88. The van der Waals surface area contributed by atoms with Crippen LogP contribution in [0.4, 0.5) is 0 Å². The quantitative estimate of drug-likeness (QED) is 0.661. The number of fused-ring (bicyclic) bond motifs is 2. The molecule has 0 aromatic rings. The second-order valence-electron chi connectivity index (χ2n) is 5.76. The lowest BCUT2D eigenvalue weighted by Gasteiger charge is -2.26. The van der Waals surface area contributed by atoms with E-state index in [0.717, 1.165) is 12.8 Å². The highest BCUT2D eigenvalue weighted by Gasteiger charge is 2.43. The van der Waals surface area contributed by atoms with Gasteiger partial charge in [-0.1, -0.05) is 13.8 Å². The summed E-state index contributed by atoms with van der Waals surface area (Å²) in [6.45, 7) is 4.30. The van der Waals surface area contributed by atoms with Gasteiger partial charge >= 0.3 is 0 Å². The van der Waals surface area contributed by atoms with Gasteiger partial charge in [-0.15, -0.1) is 0 Å². The lowest BCUT2D eigenvalue weighted by molar-refractivity contribution is -0.126. The second-order valence-corrected chi connectivity index (χ2v) is 5.76. The molecule has 2 heterocycles. The Bertz CT molecular complexity index is 281. The number of aliphatic hydroxyl groups excluding tert-OH is 1. The zero-order chi connectivity index (χ0) is 12.4. The number of carbonyl (C=O) groups is 1.